The zero-order valence-corrected chi connectivity index (χ0v) is 16.5. The van der Waals surface area contributed by atoms with Crippen LogP contribution in [0.4, 0.5) is 0 Å². The van der Waals surface area contributed by atoms with Crippen molar-refractivity contribution < 1.29 is 14.4 Å². The maximum Gasteiger partial charge on any atom is 0.261 e. The summed E-state index contributed by atoms with van der Waals surface area (Å²) in [6.45, 7) is 1.19. The van der Waals surface area contributed by atoms with Crippen LogP contribution in [0.2, 0.25) is 0 Å². The summed E-state index contributed by atoms with van der Waals surface area (Å²) in [5, 5.41) is 0. The van der Waals surface area contributed by atoms with Gasteiger partial charge in [0, 0.05) is 25.2 Å². The van der Waals surface area contributed by atoms with Gasteiger partial charge in [0.05, 0.1) is 11.1 Å². The second-order valence-electron chi connectivity index (χ2n) is 7.24. The highest BCUT2D eigenvalue weighted by molar-refractivity contribution is 6.21. The van der Waals surface area contributed by atoms with Crippen molar-refractivity contribution in [3.05, 3.63) is 107 Å². The van der Waals surface area contributed by atoms with Crippen molar-refractivity contribution in [1.82, 2.24) is 9.80 Å². The van der Waals surface area contributed by atoms with Gasteiger partial charge in [0.1, 0.15) is 0 Å². The molecule has 3 amide bonds. The number of nitrogens with zero attached hydrogens (tertiary/aromatic N) is 2. The molecule has 0 saturated carbocycles. The van der Waals surface area contributed by atoms with Gasteiger partial charge in [-0.05, 0) is 36.2 Å². The smallest absolute Gasteiger partial charge is 0.261 e. The molecule has 0 N–H and O–H groups in total. The molecule has 1 aliphatic rings. The van der Waals surface area contributed by atoms with Crippen molar-refractivity contribution >= 4 is 17.7 Å². The van der Waals surface area contributed by atoms with Crippen molar-refractivity contribution in [3.63, 3.8) is 0 Å². The van der Waals surface area contributed by atoms with Gasteiger partial charge >= 0.3 is 0 Å². The van der Waals surface area contributed by atoms with Gasteiger partial charge in [0.2, 0.25) is 0 Å². The van der Waals surface area contributed by atoms with E-state index >= 15 is 0 Å². The Morgan fingerprint density at radius 1 is 0.733 bits per heavy atom. The normalized spacial score (nSPS) is 12.7. The van der Waals surface area contributed by atoms with E-state index < -0.39 is 0 Å². The number of carbonyl (C=O) groups excluding carboxylic acids is 3. The molecule has 0 spiro atoms. The van der Waals surface area contributed by atoms with E-state index in [-0.39, 0.29) is 24.3 Å². The Kier molecular flexibility index (Phi) is 5.70. The highest BCUT2D eigenvalue weighted by Gasteiger charge is 2.34. The van der Waals surface area contributed by atoms with Crippen LogP contribution in [0.15, 0.2) is 84.9 Å². The minimum Gasteiger partial charge on any atom is -0.334 e. The van der Waals surface area contributed by atoms with Gasteiger partial charge in [-0.25, -0.2) is 0 Å². The van der Waals surface area contributed by atoms with Gasteiger partial charge in [0.25, 0.3) is 17.7 Å². The van der Waals surface area contributed by atoms with Gasteiger partial charge in [-0.1, -0.05) is 60.7 Å². The third-order valence-electron chi connectivity index (χ3n) is 5.21. The minimum absolute atomic E-state index is 0.0678. The van der Waals surface area contributed by atoms with Gasteiger partial charge in [0.15, 0.2) is 0 Å². The molecule has 3 aromatic carbocycles. The van der Waals surface area contributed by atoms with Crippen molar-refractivity contribution in [1.29, 1.82) is 0 Å². The van der Waals surface area contributed by atoms with Crippen LogP contribution in [-0.4, -0.2) is 40.6 Å². The minimum atomic E-state index is -0.264. The lowest BCUT2D eigenvalue weighted by Crippen LogP contribution is -2.36. The summed E-state index contributed by atoms with van der Waals surface area (Å²) in [6, 6.07) is 25.8. The number of imide groups is 1. The first-order valence-corrected chi connectivity index (χ1v) is 9.98. The van der Waals surface area contributed by atoms with Crippen LogP contribution in [0, 0.1) is 0 Å². The Morgan fingerprint density at radius 3 is 1.87 bits per heavy atom. The van der Waals surface area contributed by atoms with Crippen molar-refractivity contribution in [2.45, 2.75) is 13.0 Å². The molecule has 30 heavy (non-hydrogen) atoms. The molecule has 0 bridgehead atoms. The average molecular weight is 398 g/mol. The molecule has 1 aliphatic heterocycles. The van der Waals surface area contributed by atoms with Gasteiger partial charge < -0.3 is 4.90 Å². The van der Waals surface area contributed by atoms with Gasteiger partial charge in [-0.3, -0.25) is 19.3 Å². The third kappa shape index (κ3) is 4.01. The maximum absolute atomic E-state index is 13.1. The lowest BCUT2D eigenvalue weighted by Gasteiger charge is -2.24. The molecule has 5 heteroatoms. The fraction of sp³-hybridized carbons (Fsp3) is 0.160. The second kappa shape index (κ2) is 8.74. The van der Waals surface area contributed by atoms with E-state index in [0.717, 1.165) is 5.56 Å². The first-order valence-electron chi connectivity index (χ1n) is 9.98. The molecule has 1 heterocycles. The lowest BCUT2D eigenvalue weighted by molar-refractivity contribution is 0.0640. The summed E-state index contributed by atoms with van der Waals surface area (Å²) in [4.78, 5) is 41.2. The molecule has 3 aromatic rings. The number of benzene rings is 3. The largest absolute Gasteiger partial charge is 0.334 e. The molecule has 0 aliphatic carbocycles. The molecule has 0 unspecified atom stereocenters. The Balaban J connectivity index is 1.45. The number of carbonyl (C=O) groups is 3. The summed E-state index contributed by atoms with van der Waals surface area (Å²) in [6.07, 6.45) is 0.511. The molecule has 0 fully saturated rings. The van der Waals surface area contributed by atoms with Crippen molar-refractivity contribution in [3.8, 4) is 0 Å². The quantitative estimate of drug-likeness (QED) is 0.565. The number of fused-ring (bicyclic) bond motifs is 1. The monoisotopic (exact) mass is 398 g/mol. The second-order valence-corrected chi connectivity index (χ2v) is 7.24. The Labute approximate surface area is 175 Å². The van der Waals surface area contributed by atoms with Crippen LogP contribution in [0.3, 0.4) is 0 Å². The maximum atomic E-state index is 13.1. The number of amides is 3. The van der Waals surface area contributed by atoms with Crippen LogP contribution in [-0.2, 0) is 6.54 Å². The van der Waals surface area contributed by atoms with Crippen LogP contribution in [0.5, 0.6) is 0 Å². The van der Waals surface area contributed by atoms with Crippen molar-refractivity contribution in [2.75, 3.05) is 13.1 Å². The standard InChI is InChI=1S/C25H22N2O3/c28-23(20-12-5-2-6-13-20)26(18-19-10-3-1-4-11-19)16-9-17-27-24(29)21-14-7-8-15-22(21)25(27)30/h1-8,10-15H,9,16-18H2. The van der Waals surface area contributed by atoms with E-state index in [1.807, 2.05) is 48.5 Å². The van der Waals surface area contributed by atoms with Crippen LogP contribution < -0.4 is 0 Å². The highest BCUT2D eigenvalue weighted by Crippen LogP contribution is 2.22. The Hall–Kier alpha value is -3.73. The van der Waals surface area contributed by atoms with Crippen LogP contribution in [0.1, 0.15) is 43.1 Å². The molecule has 5 nitrogen and oxygen atoms in total. The third-order valence-corrected chi connectivity index (χ3v) is 5.21. The van der Waals surface area contributed by atoms with E-state index in [1.165, 1.54) is 4.90 Å². The molecule has 0 radical (unpaired) electrons. The lowest BCUT2D eigenvalue weighted by atomic mass is 10.1. The molecule has 0 saturated heterocycles. The molecule has 0 aromatic heterocycles. The predicted molar refractivity (Wildman–Crippen MR) is 114 cm³/mol. The van der Waals surface area contributed by atoms with E-state index in [9.17, 15) is 14.4 Å². The molecular formula is C25H22N2O3. The number of rotatable bonds is 7. The van der Waals surface area contributed by atoms with E-state index in [2.05, 4.69) is 0 Å². The van der Waals surface area contributed by atoms with Crippen LogP contribution >= 0.6 is 0 Å². The average Bonchev–Trinajstić information content (AvgIpc) is 3.04. The van der Waals surface area contributed by atoms with E-state index in [1.54, 1.807) is 41.3 Å². The summed E-state index contributed by atoms with van der Waals surface area (Å²) in [5.41, 5.74) is 2.55. The fourth-order valence-corrected chi connectivity index (χ4v) is 3.68. The topological polar surface area (TPSA) is 57.7 Å². The van der Waals surface area contributed by atoms with Gasteiger partial charge in [-0.2, -0.15) is 0 Å². The Morgan fingerprint density at radius 2 is 1.27 bits per heavy atom. The van der Waals surface area contributed by atoms with E-state index in [0.29, 0.717) is 36.2 Å². The molecule has 150 valence electrons. The SMILES string of the molecule is O=C(c1ccccc1)N(CCCN1C(=O)c2ccccc2C1=O)Cc1ccccc1. The first kappa shape index (κ1) is 19.6. The highest BCUT2D eigenvalue weighted by atomic mass is 16.2. The predicted octanol–water partition coefficient (Wildman–Crippen LogP) is 4.02. The van der Waals surface area contributed by atoms with Gasteiger partial charge in [-0.15, -0.1) is 0 Å². The molecule has 0 atom stereocenters. The molecular weight excluding hydrogens is 376 g/mol. The summed E-state index contributed by atoms with van der Waals surface area (Å²) in [5.74, 6) is -0.596. The summed E-state index contributed by atoms with van der Waals surface area (Å²) in [7, 11) is 0. The Bertz CT molecular complexity index is 1030. The van der Waals surface area contributed by atoms with E-state index in [4.69, 9.17) is 0 Å². The summed E-state index contributed by atoms with van der Waals surface area (Å²) < 4.78 is 0. The number of hydrogen-bond donors (Lipinski definition) is 0. The summed E-state index contributed by atoms with van der Waals surface area (Å²) >= 11 is 0. The zero-order chi connectivity index (χ0) is 20.9. The van der Waals surface area contributed by atoms with Crippen LogP contribution in [0.25, 0.3) is 0 Å². The molecule has 4 rings (SSSR count). The van der Waals surface area contributed by atoms with Crippen molar-refractivity contribution in [2.24, 2.45) is 0 Å². The fourth-order valence-electron chi connectivity index (χ4n) is 3.68. The number of hydrogen-bond acceptors (Lipinski definition) is 3. The first-order chi connectivity index (χ1) is 14.6. The zero-order valence-electron chi connectivity index (χ0n) is 16.5.